The number of hydrogen-bond acceptors (Lipinski definition) is 0. The molecule has 0 fully saturated rings. The van der Waals surface area contributed by atoms with Crippen molar-refractivity contribution in [1.82, 2.24) is 4.98 Å². The first kappa shape index (κ1) is 17.0. The third-order valence-corrected chi connectivity index (χ3v) is 5.78. The first-order valence-corrected chi connectivity index (χ1v) is 9.41. The van der Waals surface area contributed by atoms with E-state index in [0.717, 1.165) is 12.8 Å². The molecule has 0 radical (unpaired) electrons. The van der Waals surface area contributed by atoms with E-state index < -0.39 is 0 Å². The summed E-state index contributed by atoms with van der Waals surface area (Å²) < 4.78 is 0. The van der Waals surface area contributed by atoms with E-state index in [9.17, 15) is 0 Å². The van der Waals surface area contributed by atoms with Gasteiger partial charge in [-0.1, -0.05) is 13.8 Å². The molecular formula is C22H31N2+. The van der Waals surface area contributed by atoms with Gasteiger partial charge in [-0.15, -0.1) is 0 Å². The van der Waals surface area contributed by atoms with Crippen LogP contribution in [0, 0.1) is 13.8 Å². The molecule has 0 atom stereocenters. The number of nitrogens with one attached hydrogen (secondary N) is 2. The lowest BCUT2D eigenvalue weighted by molar-refractivity contribution is -0.389. The number of H-pyrrole nitrogens is 1. The van der Waals surface area contributed by atoms with E-state index >= 15 is 0 Å². The van der Waals surface area contributed by atoms with Gasteiger partial charge in [0.25, 0.3) is 0 Å². The van der Waals surface area contributed by atoms with Crippen LogP contribution in [0.4, 0.5) is 0 Å². The predicted octanol–water partition coefficient (Wildman–Crippen LogP) is 4.30. The Balaban J connectivity index is 2.08. The number of aromatic amines is 1. The van der Waals surface area contributed by atoms with Gasteiger partial charge in [0.15, 0.2) is 5.71 Å². The van der Waals surface area contributed by atoms with E-state index in [4.69, 9.17) is 0 Å². The zero-order chi connectivity index (χ0) is 17.4. The van der Waals surface area contributed by atoms with Crippen molar-refractivity contribution in [3.63, 3.8) is 0 Å². The normalized spacial score (nSPS) is 21.4. The summed E-state index contributed by atoms with van der Waals surface area (Å²) in [6.07, 6.45) is 8.23. The standard InChI is InChI=1S/C22H30N2/c1-7-19-13(3)21(23-15(19)5)17-10-9-11-18(12-17)22-14(4)20(8-2)16(6)24-22/h12,23H,7-11H2,1-6H3/p+1/b22-18-. The second-order valence-electron chi connectivity index (χ2n) is 7.21. The first-order valence-electron chi connectivity index (χ1n) is 9.41. The van der Waals surface area contributed by atoms with Crippen molar-refractivity contribution in [2.75, 3.05) is 0 Å². The average Bonchev–Trinajstić information content (AvgIpc) is 3.03. The maximum atomic E-state index is 3.66. The fourth-order valence-electron chi connectivity index (χ4n) is 4.50. The van der Waals surface area contributed by atoms with Crippen LogP contribution in [0.15, 0.2) is 28.5 Å². The first-order chi connectivity index (χ1) is 11.5. The molecule has 2 aliphatic rings. The van der Waals surface area contributed by atoms with Gasteiger partial charge >= 0.3 is 0 Å². The average molecular weight is 324 g/mol. The summed E-state index contributed by atoms with van der Waals surface area (Å²) >= 11 is 0. The fourth-order valence-corrected chi connectivity index (χ4v) is 4.50. The smallest absolute Gasteiger partial charge is 0.210 e. The van der Waals surface area contributed by atoms with E-state index in [-0.39, 0.29) is 0 Å². The largest absolute Gasteiger partial charge is 0.358 e. The Kier molecular flexibility index (Phi) is 4.67. The number of hydrogen-bond donors (Lipinski definition) is 2. The lowest BCUT2D eigenvalue weighted by atomic mass is 9.89. The molecule has 2 heterocycles. The quantitative estimate of drug-likeness (QED) is 0.831. The summed E-state index contributed by atoms with van der Waals surface area (Å²) in [6.45, 7) is 13.4. The molecule has 0 saturated heterocycles. The highest BCUT2D eigenvalue weighted by molar-refractivity contribution is 5.97. The summed E-state index contributed by atoms with van der Waals surface area (Å²) in [4.78, 5) is 7.31. The molecule has 24 heavy (non-hydrogen) atoms. The summed E-state index contributed by atoms with van der Waals surface area (Å²) in [5.74, 6) is 0. The van der Waals surface area contributed by atoms with Gasteiger partial charge in [-0.3, -0.25) is 0 Å². The van der Waals surface area contributed by atoms with E-state index in [1.54, 1.807) is 0 Å². The maximum Gasteiger partial charge on any atom is 0.210 e. The summed E-state index contributed by atoms with van der Waals surface area (Å²) in [5, 5.41) is 0. The highest BCUT2D eigenvalue weighted by Gasteiger charge is 2.27. The topological polar surface area (TPSA) is 29.8 Å². The van der Waals surface area contributed by atoms with Crippen LogP contribution in [0.3, 0.4) is 0 Å². The summed E-state index contributed by atoms with van der Waals surface area (Å²) in [5.41, 5.74) is 14.2. The van der Waals surface area contributed by atoms with Crippen molar-refractivity contribution in [2.45, 2.75) is 73.6 Å². The molecule has 0 saturated carbocycles. The summed E-state index contributed by atoms with van der Waals surface area (Å²) in [6, 6.07) is 0. The van der Waals surface area contributed by atoms with Crippen LogP contribution in [0.5, 0.6) is 0 Å². The molecule has 0 bridgehead atoms. The molecule has 128 valence electrons. The van der Waals surface area contributed by atoms with Crippen LogP contribution in [0.1, 0.15) is 75.9 Å². The number of rotatable bonds is 3. The molecular weight excluding hydrogens is 292 g/mol. The molecule has 2 nitrogen and oxygen atoms in total. The molecule has 1 aliphatic heterocycles. The summed E-state index contributed by atoms with van der Waals surface area (Å²) in [7, 11) is 0. The van der Waals surface area contributed by atoms with Crippen molar-refractivity contribution in [1.29, 1.82) is 0 Å². The van der Waals surface area contributed by atoms with E-state index in [1.807, 2.05) is 0 Å². The van der Waals surface area contributed by atoms with E-state index in [1.165, 1.54) is 75.5 Å². The maximum absolute atomic E-state index is 3.66. The van der Waals surface area contributed by atoms with Crippen LogP contribution in [0.25, 0.3) is 5.57 Å². The van der Waals surface area contributed by atoms with Gasteiger partial charge < -0.3 is 4.98 Å². The monoisotopic (exact) mass is 323 g/mol. The van der Waals surface area contributed by atoms with Crippen LogP contribution in [-0.2, 0) is 6.42 Å². The molecule has 3 rings (SSSR count). The zero-order valence-corrected chi connectivity index (χ0v) is 16.1. The molecule has 1 aliphatic carbocycles. The Morgan fingerprint density at radius 2 is 1.79 bits per heavy atom. The minimum atomic E-state index is 1.10. The second-order valence-corrected chi connectivity index (χ2v) is 7.21. The van der Waals surface area contributed by atoms with Crippen molar-refractivity contribution >= 4 is 11.3 Å². The van der Waals surface area contributed by atoms with Gasteiger partial charge in [0, 0.05) is 35.0 Å². The Labute approximate surface area is 146 Å². The van der Waals surface area contributed by atoms with Gasteiger partial charge in [-0.05, 0) is 75.7 Å². The van der Waals surface area contributed by atoms with E-state index in [0.29, 0.717) is 0 Å². The Morgan fingerprint density at radius 1 is 1.04 bits per heavy atom. The Hall–Kier alpha value is -1.83. The Bertz CT molecular complexity index is 794. The van der Waals surface area contributed by atoms with Crippen LogP contribution in [0.2, 0.25) is 0 Å². The van der Waals surface area contributed by atoms with Gasteiger partial charge in [-0.2, -0.15) is 0 Å². The number of aryl methyl sites for hydroxylation is 1. The number of allylic oxidation sites excluding steroid dienone is 5. The fraction of sp³-hybridized carbons (Fsp3) is 0.500. The lowest BCUT2D eigenvalue weighted by Crippen LogP contribution is -2.68. The van der Waals surface area contributed by atoms with Gasteiger partial charge in [-0.25, -0.2) is 4.99 Å². The van der Waals surface area contributed by atoms with Crippen molar-refractivity contribution < 1.29 is 4.99 Å². The molecule has 0 aromatic carbocycles. The molecule has 0 unspecified atom stereocenters. The molecule has 2 heteroatoms. The highest BCUT2D eigenvalue weighted by Crippen LogP contribution is 2.35. The van der Waals surface area contributed by atoms with Crippen molar-refractivity contribution in [2.24, 2.45) is 0 Å². The van der Waals surface area contributed by atoms with Crippen LogP contribution >= 0.6 is 0 Å². The zero-order valence-electron chi connectivity index (χ0n) is 16.1. The van der Waals surface area contributed by atoms with E-state index in [2.05, 4.69) is 57.6 Å². The van der Waals surface area contributed by atoms with Crippen molar-refractivity contribution in [3.05, 3.63) is 51.0 Å². The molecule has 1 aromatic heterocycles. The third-order valence-electron chi connectivity index (χ3n) is 5.78. The molecule has 0 amide bonds. The van der Waals surface area contributed by atoms with Gasteiger partial charge in [0.1, 0.15) is 0 Å². The molecule has 0 spiro atoms. The van der Waals surface area contributed by atoms with Gasteiger partial charge in [0.2, 0.25) is 5.70 Å². The van der Waals surface area contributed by atoms with Gasteiger partial charge in [0.05, 0.1) is 0 Å². The predicted molar refractivity (Wildman–Crippen MR) is 103 cm³/mol. The minimum absolute atomic E-state index is 1.10. The molecule has 1 aromatic rings. The van der Waals surface area contributed by atoms with Crippen molar-refractivity contribution in [3.8, 4) is 0 Å². The van der Waals surface area contributed by atoms with Crippen LogP contribution < -0.4 is 4.99 Å². The molecule has 2 N–H and O–H groups in total. The second kappa shape index (κ2) is 6.58. The van der Waals surface area contributed by atoms with Crippen LogP contribution in [-0.4, -0.2) is 10.7 Å². The third kappa shape index (κ3) is 2.72. The SMILES string of the molecule is CCC1=C(C)/C(=C2/C=C(c3[nH]c(C)c(CC)c3C)CCC2)[NH+]=C1C. The highest BCUT2D eigenvalue weighted by atomic mass is 14.8. The Morgan fingerprint density at radius 3 is 2.38 bits per heavy atom. The number of aromatic nitrogens is 1. The minimum Gasteiger partial charge on any atom is -0.358 e. The lowest BCUT2D eigenvalue weighted by Gasteiger charge is -2.15.